The molecule has 0 aliphatic rings. The van der Waals surface area contributed by atoms with Crippen LogP contribution in [0.15, 0.2) is 43.5 Å². The van der Waals surface area contributed by atoms with Crippen molar-refractivity contribution in [1.29, 1.82) is 0 Å². The number of aryl methyl sites for hydroxylation is 1. The van der Waals surface area contributed by atoms with Crippen molar-refractivity contribution >= 4 is 29.0 Å². The van der Waals surface area contributed by atoms with Crippen LogP contribution in [0, 0.1) is 6.92 Å². The predicted octanol–water partition coefficient (Wildman–Crippen LogP) is 7.52. The van der Waals surface area contributed by atoms with Crippen molar-refractivity contribution in [3.8, 4) is 0 Å². The largest absolute Gasteiger partial charge is 0.0984 e. The van der Waals surface area contributed by atoms with E-state index in [9.17, 15) is 0 Å². The average Bonchev–Trinajstić information content (AvgIpc) is 2.60. The van der Waals surface area contributed by atoms with E-state index < -0.39 is 0 Å². The van der Waals surface area contributed by atoms with Gasteiger partial charge < -0.3 is 0 Å². The van der Waals surface area contributed by atoms with Gasteiger partial charge >= 0.3 is 0 Å². The molecule has 0 heteroatoms. The first kappa shape index (κ1) is 19.9. The van der Waals surface area contributed by atoms with E-state index in [0.29, 0.717) is 0 Å². The fourth-order valence-electron chi connectivity index (χ4n) is 2.51. The Morgan fingerprint density at radius 1 is 0.773 bits per heavy atom. The number of hydrogen-bond acceptors (Lipinski definition) is 0. The minimum atomic E-state index is 1.17. The van der Waals surface area contributed by atoms with E-state index in [0.717, 1.165) is 0 Å². The molecule has 0 unspecified atom stereocenters. The second-order valence-electron chi connectivity index (χ2n) is 4.32. The summed E-state index contributed by atoms with van der Waals surface area (Å²) >= 11 is 0. The monoisotopic (exact) mass is 294 g/mol. The maximum Gasteiger partial charge on any atom is -0.0102 e. The Kier molecular flexibility index (Phi) is 9.61. The molecule has 0 aliphatic carbocycles. The van der Waals surface area contributed by atoms with Gasteiger partial charge in [-0.05, 0) is 46.9 Å². The lowest BCUT2D eigenvalue weighted by Gasteiger charge is -2.15. The topological polar surface area (TPSA) is 0 Å². The summed E-state index contributed by atoms with van der Waals surface area (Å²) < 4.78 is 0. The zero-order valence-corrected chi connectivity index (χ0v) is 15.0. The quantitative estimate of drug-likeness (QED) is 0.549. The first-order chi connectivity index (χ1) is 10.7. The summed E-state index contributed by atoms with van der Waals surface area (Å²) in [5, 5.41) is 2.56. The molecule has 0 saturated heterocycles. The van der Waals surface area contributed by atoms with Crippen LogP contribution < -0.4 is 0 Å². The van der Waals surface area contributed by atoms with E-state index in [4.69, 9.17) is 0 Å². The molecular weight excluding hydrogens is 264 g/mol. The highest BCUT2D eigenvalue weighted by Crippen LogP contribution is 2.32. The lowest BCUT2D eigenvalue weighted by Crippen LogP contribution is -1.94. The second-order valence-corrected chi connectivity index (χ2v) is 4.32. The molecule has 0 aromatic heterocycles. The second kappa shape index (κ2) is 10.6. The number of hydrogen-bond donors (Lipinski definition) is 0. The molecule has 0 N–H and O–H groups in total. The molecular formula is C22H30. The van der Waals surface area contributed by atoms with Gasteiger partial charge in [0.2, 0.25) is 0 Å². The number of rotatable bonds is 3. The zero-order valence-electron chi connectivity index (χ0n) is 15.0. The van der Waals surface area contributed by atoms with E-state index in [2.05, 4.69) is 56.5 Å². The molecule has 0 saturated carbocycles. The highest BCUT2D eigenvalue weighted by molar-refractivity contribution is 5.99. The lowest BCUT2D eigenvalue weighted by atomic mass is 9.89. The van der Waals surface area contributed by atoms with Crippen LogP contribution in [0.3, 0.4) is 0 Å². The van der Waals surface area contributed by atoms with Crippen LogP contribution in [-0.2, 0) is 0 Å². The van der Waals surface area contributed by atoms with Gasteiger partial charge in [0.25, 0.3) is 0 Å². The Morgan fingerprint density at radius 2 is 1.27 bits per heavy atom. The normalized spacial score (nSPS) is 9.55. The Hall–Kier alpha value is -2.08. The van der Waals surface area contributed by atoms with E-state index in [-0.39, 0.29) is 0 Å². The number of allylic oxidation sites excluding steroid dienone is 1. The van der Waals surface area contributed by atoms with Crippen molar-refractivity contribution in [1.82, 2.24) is 0 Å². The Morgan fingerprint density at radius 3 is 1.73 bits per heavy atom. The highest BCUT2D eigenvalue weighted by atomic mass is 14.1. The molecule has 0 heterocycles. The minimum Gasteiger partial charge on any atom is -0.0984 e. The summed E-state index contributed by atoms with van der Waals surface area (Å²) in [5.41, 5.74) is 4.84. The van der Waals surface area contributed by atoms with Gasteiger partial charge in [-0.3, -0.25) is 0 Å². The molecule has 2 aromatic rings. The molecule has 0 fully saturated rings. The standard InChI is InChI=1S/C18H18.2C2H6/c1-5-10-17-15(7-3)14(6-2)13(4)16-11-8-9-12-18(16)17;2*1-2/h5-12H,2-3H2,1,4H3;2*1-2H3/b10-5+;;. The number of fused-ring (bicyclic) bond motifs is 1. The van der Waals surface area contributed by atoms with Crippen LogP contribution in [0.5, 0.6) is 0 Å². The molecule has 22 heavy (non-hydrogen) atoms. The lowest BCUT2D eigenvalue weighted by molar-refractivity contribution is 1.47. The predicted molar refractivity (Wildman–Crippen MR) is 106 cm³/mol. The molecule has 0 spiro atoms. The van der Waals surface area contributed by atoms with Gasteiger partial charge in [0.05, 0.1) is 0 Å². The van der Waals surface area contributed by atoms with Crippen LogP contribution in [0.2, 0.25) is 0 Å². The van der Waals surface area contributed by atoms with Gasteiger partial charge in [-0.1, -0.05) is 89.4 Å². The van der Waals surface area contributed by atoms with Gasteiger partial charge in [0, 0.05) is 0 Å². The molecule has 0 nitrogen and oxygen atoms in total. The Labute approximate surface area is 136 Å². The molecule has 0 amide bonds. The van der Waals surface area contributed by atoms with Crippen molar-refractivity contribution in [3.05, 3.63) is 65.8 Å². The maximum atomic E-state index is 3.95. The number of benzene rings is 2. The van der Waals surface area contributed by atoms with Crippen LogP contribution in [0.25, 0.3) is 29.0 Å². The smallest absolute Gasteiger partial charge is 0.0102 e. The Bertz CT molecular complexity index is 643. The van der Waals surface area contributed by atoms with E-state index in [1.165, 1.54) is 33.0 Å². The fraction of sp³-hybridized carbons (Fsp3) is 0.273. The SMILES string of the molecule is C=Cc1c(C=C)c(/C=C/C)c2ccccc2c1C.CC.CC. The van der Waals surface area contributed by atoms with Crippen molar-refractivity contribution in [2.24, 2.45) is 0 Å². The summed E-state index contributed by atoms with van der Waals surface area (Å²) in [4.78, 5) is 0. The van der Waals surface area contributed by atoms with Crippen molar-refractivity contribution in [3.63, 3.8) is 0 Å². The van der Waals surface area contributed by atoms with Gasteiger partial charge in [0.15, 0.2) is 0 Å². The van der Waals surface area contributed by atoms with E-state index in [1.807, 2.05) is 46.8 Å². The van der Waals surface area contributed by atoms with E-state index >= 15 is 0 Å². The van der Waals surface area contributed by atoms with Crippen molar-refractivity contribution in [2.75, 3.05) is 0 Å². The van der Waals surface area contributed by atoms with Gasteiger partial charge in [0.1, 0.15) is 0 Å². The Balaban J connectivity index is 0.00000102. The van der Waals surface area contributed by atoms with Crippen LogP contribution in [0.1, 0.15) is 56.9 Å². The molecule has 2 aromatic carbocycles. The van der Waals surface area contributed by atoms with Crippen molar-refractivity contribution < 1.29 is 0 Å². The van der Waals surface area contributed by atoms with E-state index in [1.54, 1.807) is 0 Å². The van der Waals surface area contributed by atoms with Gasteiger partial charge in [-0.25, -0.2) is 0 Å². The third-order valence-corrected chi connectivity index (χ3v) is 3.35. The zero-order chi connectivity index (χ0) is 17.1. The summed E-state index contributed by atoms with van der Waals surface area (Å²) in [6, 6.07) is 8.49. The summed E-state index contributed by atoms with van der Waals surface area (Å²) in [6.45, 7) is 20.1. The molecule has 0 atom stereocenters. The summed E-state index contributed by atoms with van der Waals surface area (Å²) in [6.07, 6.45) is 8.06. The van der Waals surface area contributed by atoms with Crippen LogP contribution >= 0.6 is 0 Å². The average molecular weight is 294 g/mol. The molecule has 2 rings (SSSR count). The first-order valence-corrected chi connectivity index (χ1v) is 8.17. The first-order valence-electron chi connectivity index (χ1n) is 8.17. The maximum absolute atomic E-state index is 3.95. The third-order valence-electron chi connectivity index (χ3n) is 3.35. The summed E-state index contributed by atoms with van der Waals surface area (Å²) in [5.74, 6) is 0. The van der Waals surface area contributed by atoms with Gasteiger partial charge in [-0.15, -0.1) is 0 Å². The molecule has 118 valence electrons. The fourth-order valence-corrected chi connectivity index (χ4v) is 2.51. The van der Waals surface area contributed by atoms with Crippen LogP contribution in [-0.4, -0.2) is 0 Å². The highest BCUT2D eigenvalue weighted by Gasteiger charge is 2.11. The third kappa shape index (κ3) is 3.98. The van der Waals surface area contributed by atoms with Gasteiger partial charge in [-0.2, -0.15) is 0 Å². The molecule has 0 bridgehead atoms. The van der Waals surface area contributed by atoms with Crippen molar-refractivity contribution in [2.45, 2.75) is 41.5 Å². The van der Waals surface area contributed by atoms with Crippen LogP contribution in [0.4, 0.5) is 0 Å². The minimum absolute atomic E-state index is 1.17. The summed E-state index contributed by atoms with van der Waals surface area (Å²) in [7, 11) is 0. The molecule has 0 radical (unpaired) electrons. The molecule has 0 aliphatic heterocycles.